The van der Waals surface area contributed by atoms with Gasteiger partial charge in [0.25, 0.3) is 5.91 Å². The van der Waals surface area contributed by atoms with Crippen molar-refractivity contribution in [3.05, 3.63) is 29.3 Å². The van der Waals surface area contributed by atoms with E-state index in [1.807, 2.05) is 18.2 Å². The molecule has 4 fully saturated rings. The van der Waals surface area contributed by atoms with Crippen LogP contribution in [0.1, 0.15) is 73.7 Å². The summed E-state index contributed by atoms with van der Waals surface area (Å²) in [7, 11) is 0. The van der Waals surface area contributed by atoms with Gasteiger partial charge in [-0.05, 0) is 61.3 Å². The molecule has 3 heterocycles. The molecule has 6 rings (SSSR count). The predicted molar refractivity (Wildman–Crippen MR) is 122 cm³/mol. The van der Waals surface area contributed by atoms with Crippen LogP contribution in [0.4, 0.5) is 0 Å². The molecule has 0 spiro atoms. The van der Waals surface area contributed by atoms with Crippen molar-refractivity contribution < 1.29 is 19.1 Å². The van der Waals surface area contributed by atoms with E-state index in [-0.39, 0.29) is 30.2 Å². The molecule has 1 unspecified atom stereocenters. The first kappa shape index (κ1) is 21.1. The second kappa shape index (κ2) is 8.42. The molecule has 1 N–H and O–H groups in total. The summed E-state index contributed by atoms with van der Waals surface area (Å²) in [5.74, 6) is 1.91. The van der Waals surface area contributed by atoms with Crippen LogP contribution in [0.15, 0.2) is 18.2 Å². The first-order chi connectivity index (χ1) is 16.1. The molecule has 0 radical (unpaired) electrons. The zero-order chi connectivity index (χ0) is 22.5. The fourth-order valence-corrected chi connectivity index (χ4v) is 6.46. The van der Waals surface area contributed by atoms with E-state index in [9.17, 15) is 14.4 Å². The van der Waals surface area contributed by atoms with Crippen LogP contribution in [0, 0.1) is 11.8 Å². The van der Waals surface area contributed by atoms with Gasteiger partial charge in [-0.2, -0.15) is 0 Å². The molecule has 7 heteroatoms. The third-order valence-electron chi connectivity index (χ3n) is 8.67. The van der Waals surface area contributed by atoms with Crippen LogP contribution in [-0.2, 0) is 16.1 Å². The number of nitrogens with zero attached hydrogens (tertiary/aromatic N) is 2. The summed E-state index contributed by atoms with van der Waals surface area (Å²) in [6.45, 7) is 2.85. The third-order valence-corrected chi connectivity index (χ3v) is 8.67. The van der Waals surface area contributed by atoms with Crippen LogP contribution < -0.4 is 10.1 Å². The SMILES string of the molecule is O=C1CCC(N2Cc3cc(O[C@H]4CCCC[C@@H]4N4CC(C5CCC5)C4)ccc3C2=O)C(=O)N1. The molecule has 176 valence electrons. The van der Waals surface area contributed by atoms with E-state index in [1.165, 1.54) is 51.6 Å². The molecular formula is C26H33N3O4. The van der Waals surface area contributed by atoms with Crippen molar-refractivity contribution in [2.75, 3.05) is 13.1 Å². The number of fused-ring (bicyclic) bond motifs is 1. The van der Waals surface area contributed by atoms with E-state index in [1.54, 1.807) is 4.90 Å². The van der Waals surface area contributed by atoms with Crippen LogP contribution in [0.3, 0.4) is 0 Å². The fourth-order valence-electron chi connectivity index (χ4n) is 6.46. The van der Waals surface area contributed by atoms with Gasteiger partial charge in [0.2, 0.25) is 11.8 Å². The molecule has 2 aliphatic carbocycles. The molecule has 1 aromatic rings. The molecule has 7 nitrogen and oxygen atoms in total. The zero-order valence-corrected chi connectivity index (χ0v) is 19.1. The minimum atomic E-state index is -0.579. The number of likely N-dealkylation sites (tertiary alicyclic amines) is 1. The monoisotopic (exact) mass is 451 g/mol. The van der Waals surface area contributed by atoms with E-state index < -0.39 is 6.04 Å². The second-order valence-electron chi connectivity index (χ2n) is 10.6. The Morgan fingerprint density at radius 3 is 2.48 bits per heavy atom. The number of rotatable bonds is 5. The highest BCUT2D eigenvalue weighted by atomic mass is 16.5. The standard InChI is InChI=1S/C26H33N3O4/c30-24-11-10-22(25(31)27-24)29-15-17-12-19(8-9-20(17)26(29)32)33-23-7-2-1-6-21(23)28-13-18(14-28)16-4-3-5-16/h8-9,12,16,18,21-23H,1-7,10-11,13-15H2,(H,27,30,31)/t21-,22?,23-/m0/s1. The molecule has 2 saturated carbocycles. The molecule has 0 bridgehead atoms. The Bertz CT molecular complexity index is 968. The van der Waals surface area contributed by atoms with Crippen LogP contribution in [0.5, 0.6) is 5.75 Å². The van der Waals surface area contributed by atoms with Crippen LogP contribution in [0.25, 0.3) is 0 Å². The lowest BCUT2D eigenvalue weighted by Gasteiger charge is -2.52. The predicted octanol–water partition coefficient (Wildman–Crippen LogP) is 2.87. The summed E-state index contributed by atoms with van der Waals surface area (Å²) < 4.78 is 6.54. The van der Waals surface area contributed by atoms with Crippen molar-refractivity contribution in [3.63, 3.8) is 0 Å². The highest BCUT2D eigenvalue weighted by Gasteiger charge is 2.43. The summed E-state index contributed by atoms with van der Waals surface area (Å²) in [5.41, 5.74) is 1.54. The first-order valence-corrected chi connectivity index (χ1v) is 12.7. The van der Waals surface area contributed by atoms with Gasteiger partial charge in [-0.15, -0.1) is 0 Å². The minimum absolute atomic E-state index is 0.135. The van der Waals surface area contributed by atoms with Crippen molar-refractivity contribution in [3.8, 4) is 5.75 Å². The summed E-state index contributed by atoms with van der Waals surface area (Å²) in [4.78, 5) is 41.0. The van der Waals surface area contributed by atoms with Gasteiger partial charge < -0.3 is 9.64 Å². The number of ether oxygens (including phenoxy) is 1. The van der Waals surface area contributed by atoms with Gasteiger partial charge >= 0.3 is 0 Å². The van der Waals surface area contributed by atoms with Crippen LogP contribution in [0.2, 0.25) is 0 Å². The van der Waals surface area contributed by atoms with E-state index >= 15 is 0 Å². The molecule has 3 atom stereocenters. The van der Waals surface area contributed by atoms with Crippen LogP contribution >= 0.6 is 0 Å². The van der Waals surface area contributed by atoms with E-state index in [4.69, 9.17) is 4.74 Å². The molecule has 3 amide bonds. The molecule has 3 aliphatic heterocycles. The topological polar surface area (TPSA) is 79.0 Å². The van der Waals surface area contributed by atoms with Gasteiger partial charge in [0.15, 0.2) is 0 Å². The average molecular weight is 452 g/mol. The number of hydrogen-bond donors (Lipinski definition) is 1. The van der Waals surface area contributed by atoms with E-state index in [0.29, 0.717) is 24.6 Å². The number of carbonyl (C=O) groups excluding carboxylic acids is 3. The second-order valence-corrected chi connectivity index (χ2v) is 10.6. The fraction of sp³-hybridized carbons (Fsp3) is 0.654. The van der Waals surface area contributed by atoms with Crippen molar-refractivity contribution in [1.82, 2.24) is 15.1 Å². The van der Waals surface area contributed by atoms with Crippen molar-refractivity contribution in [2.45, 2.75) is 82.5 Å². The number of hydrogen-bond acceptors (Lipinski definition) is 5. The largest absolute Gasteiger partial charge is 0.489 e. The normalized spacial score (nSPS) is 31.1. The Morgan fingerprint density at radius 2 is 1.73 bits per heavy atom. The Balaban J connectivity index is 1.12. The maximum Gasteiger partial charge on any atom is 0.255 e. The maximum atomic E-state index is 12.9. The Morgan fingerprint density at radius 1 is 0.909 bits per heavy atom. The summed E-state index contributed by atoms with van der Waals surface area (Å²) in [6, 6.07) is 5.64. The third kappa shape index (κ3) is 3.84. The number of imide groups is 1. The quantitative estimate of drug-likeness (QED) is 0.697. The van der Waals surface area contributed by atoms with Crippen molar-refractivity contribution in [2.24, 2.45) is 11.8 Å². The smallest absolute Gasteiger partial charge is 0.255 e. The van der Waals surface area contributed by atoms with Gasteiger partial charge in [0.1, 0.15) is 17.9 Å². The molecular weight excluding hydrogens is 418 g/mol. The maximum absolute atomic E-state index is 12.9. The Hall–Kier alpha value is -2.41. The lowest BCUT2D eigenvalue weighted by Crippen LogP contribution is -2.60. The summed E-state index contributed by atoms with van der Waals surface area (Å²) in [5, 5.41) is 2.36. The molecule has 0 aromatic heterocycles. The van der Waals surface area contributed by atoms with Crippen molar-refractivity contribution in [1.29, 1.82) is 0 Å². The van der Waals surface area contributed by atoms with Gasteiger partial charge in [-0.25, -0.2) is 0 Å². The van der Waals surface area contributed by atoms with Crippen LogP contribution in [-0.4, -0.2) is 58.8 Å². The number of nitrogens with one attached hydrogen (secondary N) is 1. The Labute approximate surface area is 194 Å². The summed E-state index contributed by atoms with van der Waals surface area (Å²) >= 11 is 0. The van der Waals surface area contributed by atoms with Gasteiger partial charge in [0, 0.05) is 37.7 Å². The first-order valence-electron chi connectivity index (χ1n) is 12.7. The summed E-state index contributed by atoms with van der Waals surface area (Å²) in [6.07, 6.45) is 9.87. The van der Waals surface area contributed by atoms with Gasteiger partial charge in [0.05, 0.1) is 0 Å². The van der Waals surface area contributed by atoms with Gasteiger partial charge in [-0.3, -0.25) is 24.6 Å². The van der Waals surface area contributed by atoms with Gasteiger partial charge in [-0.1, -0.05) is 25.7 Å². The highest BCUT2D eigenvalue weighted by Crippen LogP contribution is 2.41. The Kier molecular flexibility index (Phi) is 5.40. The highest BCUT2D eigenvalue weighted by molar-refractivity contribution is 6.05. The zero-order valence-electron chi connectivity index (χ0n) is 19.1. The average Bonchev–Trinajstić information content (AvgIpc) is 3.05. The number of piperidine rings is 1. The molecule has 5 aliphatic rings. The minimum Gasteiger partial charge on any atom is -0.489 e. The lowest BCUT2D eigenvalue weighted by atomic mass is 9.71. The number of benzene rings is 1. The number of carbonyl (C=O) groups is 3. The lowest BCUT2D eigenvalue weighted by molar-refractivity contribution is -0.136. The van der Waals surface area contributed by atoms with E-state index in [0.717, 1.165) is 29.6 Å². The molecule has 1 aromatic carbocycles. The van der Waals surface area contributed by atoms with Crippen molar-refractivity contribution >= 4 is 17.7 Å². The molecule has 33 heavy (non-hydrogen) atoms. The molecule has 2 saturated heterocycles. The van der Waals surface area contributed by atoms with E-state index in [2.05, 4.69) is 10.2 Å². The number of amides is 3.